The fourth-order valence-corrected chi connectivity index (χ4v) is 2.93. The summed E-state index contributed by atoms with van der Waals surface area (Å²) in [5, 5.41) is 6.37. The molecular weight excluding hydrogens is 282 g/mol. The molecule has 3 heterocycles. The summed E-state index contributed by atoms with van der Waals surface area (Å²) in [5.74, 6) is 0.844. The number of ether oxygens (including phenoxy) is 1. The van der Waals surface area contributed by atoms with Gasteiger partial charge in [-0.2, -0.15) is 0 Å². The lowest BCUT2D eigenvalue weighted by atomic mass is 10.1. The van der Waals surface area contributed by atoms with Gasteiger partial charge in [0.25, 0.3) is 0 Å². The van der Waals surface area contributed by atoms with Crippen molar-refractivity contribution in [2.75, 3.05) is 31.6 Å². The quantitative estimate of drug-likeness (QED) is 0.875. The SMILES string of the molecule is O=C(NCC1CCCO1)N1CCC(Nc2ccncn2)CC1. The number of anilines is 1. The van der Waals surface area contributed by atoms with Crippen molar-refractivity contribution in [1.82, 2.24) is 20.2 Å². The predicted molar refractivity (Wildman–Crippen MR) is 82.6 cm³/mol. The van der Waals surface area contributed by atoms with Crippen molar-refractivity contribution in [2.45, 2.75) is 37.8 Å². The Balaban J connectivity index is 1.38. The Morgan fingerprint density at radius 2 is 2.23 bits per heavy atom. The van der Waals surface area contributed by atoms with Gasteiger partial charge in [0.1, 0.15) is 12.1 Å². The van der Waals surface area contributed by atoms with Gasteiger partial charge in [-0.15, -0.1) is 0 Å². The van der Waals surface area contributed by atoms with E-state index in [-0.39, 0.29) is 12.1 Å². The number of carbonyl (C=O) groups is 1. The molecule has 1 atom stereocenters. The maximum atomic E-state index is 12.1. The highest BCUT2D eigenvalue weighted by molar-refractivity contribution is 5.74. The summed E-state index contributed by atoms with van der Waals surface area (Å²) in [5.41, 5.74) is 0. The average Bonchev–Trinajstić information content (AvgIpc) is 3.08. The third-order valence-corrected chi connectivity index (χ3v) is 4.22. The number of piperidine rings is 1. The number of amides is 2. The van der Waals surface area contributed by atoms with Crippen LogP contribution in [0.1, 0.15) is 25.7 Å². The number of aromatic nitrogens is 2. The molecule has 2 aliphatic rings. The van der Waals surface area contributed by atoms with E-state index in [4.69, 9.17) is 4.74 Å². The zero-order valence-electron chi connectivity index (χ0n) is 12.7. The van der Waals surface area contributed by atoms with Crippen LogP contribution in [-0.2, 0) is 4.74 Å². The van der Waals surface area contributed by atoms with Gasteiger partial charge in [0.15, 0.2) is 0 Å². The summed E-state index contributed by atoms with van der Waals surface area (Å²) in [7, 11) is 0. The van der Waals surface area contributed by atoms with Crippen molar-refractivity contribution in [3.63, 3.8) is 0 Å². The molecule has 2 amide bonds. The molecule has 2 fully saturated rings. The average molecular weight is 305 g/mol. The molecule has 7 nitrogen and oxygen atoms in total. The lowest BCUT2D eigenvalue weighted by molar-refractivity contribution is 0.108. The lowest BCUT2D eigenvalue weighted by Crippen LogP contribution is -2.48. The first-order chi connectivity index (χ1) is 10.8. The van der Waals surface area contributed by atoms with Crippen LogP contribution >= 0.6 is 0 Å². The first kappa shape index (κ1) is 15.0. The minimum atomic E-state index is 0.0241. The predicted octanol–water partition coefficient (Wildman–Crippen LogP) is 1.24. The maximum absolute atomic E-state index is 12.1. The molecule has 0 saturated carbocycles. The molecular formula is C15H23N5O2. The van der Waals surface area contributed by atoms with Crippen molar-refractivity contribution >= 4 is 11.8 Å². The molecule has 1 aromatic heterocycles. The van der Waals surface area contributed by atoms with Crippen LogP contribution in [0.25, 0.3) is 0 Å². The third-order valence-electron chi connectivity index (χ3n) is 4.22. The van der Waals surface area contributed by atoms with Gasteiger partial charge < -0.3 is 20.3 Å². The smallest absolute Gasteiger partial charge is 0.317 e. The second kappa shape index (κ2) is 7.40. The third kappa shape index (κ3) is 4.07. The molecule has 0 bridgehead atoms. The lowest BCUT2D eigenvalue weighted by Gasteiger charge is -2.32. The number of likely N-dealkylation sites (tertiary alicyclic amines) is 1. The van der Waals surface area contributed by atoms with E-state index in [0.717, 1.165) is 51.2 Å². The van der Waals surface area contributed by atoms with E-state index in [1.165, 1.54) is 6.33 Å². The molecule has 120 valence electrons. The van der Waals surface area contributed by atoms with E-state index in [0.29, 0.717) is 12.6 Å². The van der Waals surface area contributed by atoms with E-state index in [1.807, 2.05) is 11.0 Å². The summed E-state index contributed by atoms with van der Waals surface area (Å²) in [6.45, 7) is 2.97. The fourth-order valence-electron chi connectivity index (χ4n) is 2.93. The number of nitrogens with zero attached hydrogens (tertiary/aromatic N) is 3. The molecule has 3 rings (SSSR count). The molecule has 7 heteroatoms. The zero-order chi connectivity index (χ0) is 15.2. The van der Waals surface area contributed by atoms with E-state index >= 15 is 0 Å². The molecule has 1 aromatic rings. The van der Waals surface area contributed by atoms with Gasteiger partial charge in [-0.1, -0.05) is 0 Å². The van der Waals surface area contributed by atoms with E-state index in [2.05, 4.69) is 20.6 Å². The second-order valence-electron chi connectivity index (χ2n) is 5.82. The maximum Gasteiger partial charge on any atom is 0.317 e. The van der Waals surface area contributed by atoms with E-state index < -0.39 is 0 Å². The van der Waals surface area contributed by atoms with Crippen molar-refractivity contribution in [2.24, 2.45) is 0 Å². The first-order valence-electron chi connectivity index (χ1n) is 7.98. The Bertz CT molecular complexity index is 470. The van der Waals surface area contributed by atoms with Crippen molar-refractivity contribution in [1.29, 1.82) is 0 Å². The van der Waals surface area contributed by atoms with Crippen molar-refractivity contribution < 1.29 is 9.53 Å². The van der Waals surface area contributed by atoms with E-state index in [1.54, 1.807) is 6.20 Å². The minimum Gasteiger partial charge on any atom is -0.376 e. The number of urea groups is 1. The number of rotatable bonds is 4. The Labute approximate surface area is 130 Å². The molecule has 0 radical (unpaired) electrons. The van der Waals surface area contributed by atoms with Crippen molar-refractivity contribution in [3.05, 3.63) is 18.6 Å². The summed E-state index contributed by atoms with van der Waals surface area (Å²) >= 11 is 0. The molecule has 0 aromatic carbocycles. The van der Waals surface area contributed by atoms with Gasteiger partial charge in [-0.3, -0.25) is 0 Å². The van der Waals surface area contributed by atoms with Crippen LogP contribution in [0.3, 0.4) is 0 Å². The largest absolute Gasteiger partial charge is 0.376 e. The van der Waals surface area contributed by atoms with E-state index in [9.17, 15) is 4.79 Å². The first-order valence-corrected chi connectivity index (χ1v) is 7.98. The van der Waals surface area contributed by atoms with Crippen LogP contribution in [0.15, 0.2) is 18.6 Å². The molecule has 2 aliphatic heterocycles. The van der Waals surface area contributed by atoms with Gasteiger partial charge >= 0.3 is 6.03 Å². The summed E-state index contributed by atoms with van der Waals surface area (Å²) in [4.78, 5) is 22.1. The normalized spacial score (nSPS) is 22.5. The number of hydrogen-bond donors (Lipinski definition) is 2. The second-order valence-corrected chi connectivity index (χ2v) is 5.82. The Morgan fingerprint density at radius 3 is 2.91 bits per heavy atom. The number of carbonyl (C=O) groups excluding carboxylic acids is 1. The van der Waals surface area contributed by atoms with Gasteiger partial charge in [0.05, 0.1) is 6.10 Å². The monoisotopic (exact) mass is 305 g/mol. The fraction of sp³-hybridized carbons (Fsp3) is 0.667. The summed E-state index contributed by atoms with van der Waals surface area (Å²) in [6, 6.07) is 2.24. The summed E-state index contributed by atoms with van der Waals surface area (Å²) in [6.07, 6.45) is 7.46. The van der Waals surface area contributed by atoms with Gasteiger partial charge in [0, 0.05) is 38.5 Å². The molecule has 2 saturated heterocycles. The van der Waals surface area contributed by atoms with Gasteiger partial charge in [-0.25, -0.2) is 14.8 Å². The zero-order valence-corrected chi connectivity index (χ0v) is 12.7. The molecule has 0 aliphatic carbocycles. The Hall–Kier alpha value is -1.89. The highest BCUT2D eigenvalue weighted by Gasteiger charge is 2.24. The van der Waals surface area contributed by atoms with Crippen LogP contribution < -0.4 is 10.6 Å². The Kier molecular flexibility index (Phi) is 5.05. The standard InChI is InChI=1S/C15H23N5O2/c21-15(17-10-13-2-1-9-22-13)20-7-4-12(5-8-20)19-14-3-6-16-11-18-14/h3,6,11-13H,1-2,4-5,7-10H2,(H,17,21)(H,16,18,19). The number of nitrogens with one attached hydrogen (secondary N) is 2. The van der Waals surface area contributed by atoms with Crippen LogP contribution in [0.5, 0.6) is 0 Å². The van der Waals surface area contributed by atoms with Crippen LogP contribution in [0.4, 0.5) is 10.6 Å². The molecule has 22 heavy (non-hydrogen) atoms. The van der Waals surface area contributed by atoms with Gasteiger partial charge in [-0.05, 0) is 31.7 Å². The van der Waals surface area contributed by atoms with Crippen molar-refractivity contribution in [3.8, 4) is 0 Å². The summed E-state index contributed by atoms with van der Waals surface area (Å²) < 4.78 is 5.52. The molecule has 1 unspecified atom stereocenters. The molecule has 2 N–H and O–H groups in total. The highest BCUT2D eigenvalue weighted by atomic mass is 16.5. The highest BCUT2D eigenvalue weighted by Crippen LogP contribution is 2.15. The number of hydrogen-bond acceptors (Lipinski definition) is 5. The molecule has 0 spiro atoms. The van der Waals surface area contributed by atoms with Crippen LogP contribution in [0.2, 0.25) is 0 Å². The van der Waals surface area contributed by atoms with Gasteiger partial charge in [0.2, 0.25) is 0 Å². The minimum absolute atomic E-state index is 0.0241. The van der Waals surface area contributed by atoms with Crippen LogP contribution in [0, 0.1) is 0 Å². The Morgan fingerprint density at radius 1 is 1.36 bits per heavy atom. The van der Waals surface area contributed by atoms with Crippen LogP contribution in [-0.4, -0.2) is 59.3 Å². The topological polar surface area (TPSA) is 79.4 Å².